The summed E-state index contributed by atoms with van der Waals surface area (Å²) < 4.78 is 5.48. The first kappa shape index (κ1) is 14.9. The minimum Gasteiger partial charge on any atom is -0.484 e. The number of amides is 1. The average Bonchev–Trinajstić information content (AvgIpc) is 3.00. The van der Waals surface area contributed by atoms with Gasteiger partial charge >= 0.3 is 0 Å². The lowest BCUT2D eigenvalue weighted by Gasteiger charge is -2.20. The summed E-state index contributed by atoms with van der Waals surface area (Å²) in [5.41, 5.74) is 6.58. The second kappa shape index (κ2) is 7.29. The molecule has 20 heavy (non-hydrogen) atoms. The molecule has 1 unspecified atom stereocenters. The van der Waals surface area contributed by atoms with Gasteiger partial charge in [0.2, 0.25) is 0 Å². The van der Waals surface area contributed by atoms with Gasteiger partial charge in [-0.2, -0.15) is 0 Å². The summed E-state index contributed by atoms with van der Waals surface area (Å²) in [6.07, 6.45) is 5.02. The highest BCUT2D eigenvalue weighted by molar-refractivity contribution is 5.77. The predicted molar refractivity (Wildman–Crippen MR) is 79.4 cm³/mol. The SMILES string of the molecule is CC(NC(=O)COc1ccc(CN)cc1)C1CCCC1. The van der Waals surface area contributed by atoms with Crippen molar-refractivity contribution >= 4 is 5.91 Å². The Morgan fingerprint density at radius 1 is 1.35 bits per heavy atom. The van der Waals surface area contributed by atoms with Crippen molar-refractivity contribution in [1.29, 1.82) is 0 Å². The van der Waals surface area contributed by atoms with Crippen LogP contribution in [-0.2, 0) is 11.3 Å². The second-order valence-corrected chi connectivity index (χ2v) is 5.54. The Morgan fingerprint density at radius 2 is 2.00 bits per heavy atom. The van der Waals surface area contributed by atoms with Gasteiger partial charge in [0.25, 0.3) is 5.91 Å². The van der Waals surface area contributed by atoms with E-state index in [4.69, 9.17) is 10.5 Å². The van der Waals surface area contributed by atoms with Gasteiger partial charge in [0, 0.05) is 12.6 Å². The van der Waals surface area contributed by atoms with Crippen LogP contribution in [0.25, 0.3) is 0 Å². The largest absolute Gasteiger partial charge is 0.484 e. The molecule has 0 aliphatic heterocycles. The zero-order valence-electron chi connectivity index (χ0n) is 12.1. The molecule has 0 bridgehead atoms. The fraction of sp³-hybridized carbons (Fsp3) is 0.562. The molecule has 4 heteroatoms. The number of rotatable bonds is 6. The molecule has 0 heterocycles. The van der Waals surface area contributed by atoms with Crippen molar-refractivity contribution < 1.29 is 9.53 Å². The molecule has 1 saturated carbocycles. The smallest absolute Gasteiger partial charge is 0.258 e. The minimum atomic E-state index is -0.0488. The van der Waals surface area contributed by atoms with Crippen LogP contribution in [0.5, 0.6) is 5.75 Å². The molecule has 110 valence electrons. The van der Waals surface area contributed by atoms with Crippen LogP contribution >= 0.6 is 0 Å². The van der Waals surface area contributed by atoms with Crippen LogP contribution in [-0.4, -0.2) is 18.6 Å². The normalized spacial score (nSPS) is 16.9. The summed E-state index contributed by atoms with van der Waals surface area (Å²) >= 11 is 0. The number of carbonyl (C=O) groups excluding carboxylic acids is 1. The van der Waals surface area contributed by atoms with Crippen molar-refractivity contribution in [2.75, 3.05) is 6.61 Å². The van der Waals surface area contributed by atoms with E-state index in [2.05, 4.69) is 12.2 Å². The summed E-state index contributed by atoms with van der Waals surface area (Å²) in [5, 5.41) is 3.03. The van der Waals surface area contributed by atoms with E-state index in [0.717, 1.165) is 5.56 Å². The average molecular weight is 276 g/mol. The Bertz CT molecular complexity index is 425. The molecule has 0 spiro atoms. The Kier molecular flexibility index (Phi) is 5.41. The molecule has 0 aromatic heterocycles. The first-order valence-electron chi connectivity index (χ1n) is 7.40. The Labute approximate surface area is 120 Å². The molecular weight excluding hydrogens is 252 g/mol. The van der Waals surface area contributed by atoms with Crippen LogP contribution in [0, 0.1) is 5.92 Å². The highest BCUT2D eigenvalue weighted by Gasteiger charge is 2.22. The second-order valence-electron chi connectivity index (χ2n) is 5.54. The van der Waals surface area contributed by atoms with Crippen molar-refractivity contribution in [2.45, 2.75) is 45.2 Å². The summed E-state index contributed by atoms with van der Waals surface area (Å²) in [5.74, 6) is 1.28. The number of ether oxygens (including phenoxy) is 1. The summed E-state index contributed by atoms with van der Waals surface area (Å²) in [6, 6.07) is 7.75. The van der Waals surface area contributed by atoms with Gasteiger partial charge in [-0.25, -0.2) is 0 Å². The predicted octanol–water partition coefficient (Wildman–Crippen LogP) is 2.22. The summed E-state index contributed by atoms with van der Waals surface area (Å²) in [7, 11) is 0. The highest BCUT2D eigenvalue weighted by atomic mass is 16.5. The van der Waals surface area contributed by atoms with Gasteiger partial charge in [-0.15, -0.1) is 0 Å². The number of nitrogens with two attached hydrogens (primary N) is 1. The molecule has 1 aliphatic rings. The molecular formula is C16H24N2O2. The molecule has 1 amide bonds. The van der Waals surface area contributed by atoms with Crippen LogP contribution in [0.4, 0.5) is 0 Å². The van der Waals surface area contributed by atoms with Gasteiger partial charge in [0.15, 0.2) is 6.61 Å². The number of hydrogen-bond acceptors (Lipinski definition) is 3. The van der Waals surface area contributed by atoms with Crippen LogP contribution in [0.3, 0.4) is 0 Å². The zero-order chi connectivity index (χ0) is 14.4. The van der Waals surface area contributed by atoms with E-state index < -0.39 is 0 Å². The van der Waals surface area contributed by atoms with Gasteiger partial charge in [0.1, 0.15) is 5.75 Å². The third kappa shape index (κ3) is 4.23. The lowest BCUT2D eigenvalue weighted by atomic mass is 10.00. The molecule has 3 N–H and O–H groups in total. The maximum atomic E-state index is 11.9. The standard InChI is InChI=1S/C16H24N2O2/c1-12(14-4-2-3-5-14)18-16(19)11-20-15-8-6-13(10-17)7-9-15/h6-9,12,14H,2-5,10-11,17H2,1H3,(H,18,19). The maximum Gasteiger partial charge on any atom is 0.258 e. The van der Waals surface area contributed by atoms with Crippen LogP contribution < -0.4 is 15.8 Å². The maximum absolute atomic E-state index is 11.9. The molecule has 0 saturated heterocycles. The Balaban J connectivity index is 1.73. The van der Waals surface area contributed by atoms with Crippen LogP contribution in [0.2, 0.25) is 0 Å². The van der Waals surface area contributed by atoms with Crippen molar-refractivity contribution in [1.82, 2.24) is 5.32 Å². The molecule has 1 fully saturated rings. The number of hydrogen-bond donors (Lipinski definition) is 2. The first-order valence-corrected chi connectivity index (χ1v) is 7.40. The summed E-state index contributed by atoms with van der Waals surface area (Å²) in [6.45, 7) is 2.67. The number of carbonyl (C=O) groups is 1. The Morgan fingerprint density at radius 3 is 2.60 bits per heavy atom. The molecule has 1 aromatic rings. The first-order chi connectivity index (χ1) is 9.69. The van der Waals surface area contributed by atoms with Gasteiger partial charge in [-0.3, -0.25) is 4.79 Å². The molecule has 0 radical (unpaired) electrons. The lowest BCUT2D eigenvalue weighted by Crippen LogP contribution is -2.39. The van der Waals surface area contributed by atoms with Gasteiger partial charge in [-0.1, -0.05) is 25.0 Å². The number of benzene rings is 1. The minimum absolute atomic E-state index is 0.0488. The van der Waals surface area contributed by atoms with Crippen LogP contribution in [0.1, 0.15) is 38.2 Å². The molecule has 1 aliphatic carbocycles. The fourth-order valence-electron chi connectivity index (χ4n) is 2.74. The monoisotopic (exact) mass is 276 g/mol. The van der Waals surface area contributed by atoms with Crippen molar-refractivity contribution in [3.63, 3.8) is 0 Å². The van der Waals surface area contributed by atoms with Gasteiger partial charge in [-0.05, 0) is 43.4 Å². The van der Waals surface area contributed by atoms with E-state index in [1.807, 2.05) is 24.3 Å². The molecule has 4 nitrogen and oxygen atoms in total. The lowest BCUT2D eigenvalue weighted by molar-refractivity contribution is -0.124. The Hall–Kier alpha value is -1.55. The molecule has 1 atom stereocenters. The van der Waals surface area contributed by atoms with Gasteiger partial charge in [0.05, 0.1) is 0 Å². The topological polar surface area (TPSA) is 64.3 Å². The molecule has 1 aromatic carbocycles. The van der Waals surface area contributed by atoms with E-state index in [1.165, 1.54) is 25.7 Å². The van der Waals surface area contributed by atoms with E-state index in [1.54, 1.807) is 0 Å². The van der Waals surface area contributed by atoms with Crippen molar-refractivity contribution in [2.24, 2.45) is 11.7 Å². The number of nitrogens with one attached hydrogen (secondary N) is 1. The quantitative estimate of drug-likeness (QED) is 0.837. The third-order valence-corrected chi connectivity index (χ3v) is 4.02. The van der Waals surface area contributed by atoms with E-state index in [-0.39, 0.29) is 18.6 Å². The third-order valence-electron chi connectivity index (χ3n) is 4.02. The van der Waals surface area contributed by atoms with Crippen molar-refractivity contribution in [3.8, 4) is 5.75 Å². The van der Waals surface area contributed by atoms with E-state index >= 15 is 0 Å². The van der Waals surface area contributed by atoms with Gasteiger partial charge < -0.3 is 15.8 Å². The summed E-state index contributed by atoms with van der Waals surface area (Å²) in [4.78, 5) is 11.9. The van der Waals surface area contributed by atoms with E-state index in [9.17, 15) is 4.79 Å². The highest BCUT2D eigenvalue weighted by Crippen LogP contribution is 2.27. The van der Waals surface area contributed by atoms with Crippen molar-refractivity contribution in [3.05, 3.63) is 29.8 Å². The fourth-order valence-corrected chi connectivity index (χ4v) is 2.74. The molecule has 2 rings (SSSR count). The van der Waals surface area contributed by atoms with E-state index in [0.29, 0.717) is 18.2 Å². The zero-order valence-corrected chi connectivity index (χ0v) is 12.1. The van der Waals surface area contributed by atoms with Crippen LogP contribution in [0.15, 0.2) is 24.3 Å².